The summed E-state index contributed by atoms with van der Waals surface area (Å²) in [5.74, 6) is -0.423. The van der Waals surface area contributed by atoms with Crippen molar-refractivity contribution in [2.24, 2.45) is 0 Å². The minimum absolute atomic E-state index is 0.111. The Balaban J connectivity index is 2.20. The molecule has 1 N–H and O–H groups in total. The topological polar surface area (TPSA) is 76.1 Å². The first-order valence-corrected chi connectivity index (χ1v) is 8.35. The molecule has 1 aromatic carbocycles. The van der Waals surface area contributed by atoms with Gasteiger partial charge >= 0.3 is 0 Å². The fourth-order valence-corrected chi connectivity index (χ4v) is 2.68. The van der Waals surface area contributed by atoms with Gasteiger partial charge in [-0.25, -0.2) is 13.4 Å². The smallest absolute Gasteiger partial charge is 0.255 e. The van der Waals surface area contributed by atoms with Crippen LogP contribution in [0.25, 0.3) is 0 Å². The average Bonchev–Trinajstić information content (AvgIpc) is 2.37. The summed E-state index contributed by atoms with van der Waals surface area (Å²) in [4.78, 5) is 15.9. The molecule has 0 bridgehead atoms. The SMILES string of the molecule is CS(=O)(=O)c1ccc(NC(=O)c2cc(Cl)nc(Cl)c2)cc1. The van der Waals surface area contributed by atoms with E-state index < -0.39 is 15.7 Å². The number of nitrogens with zero attached hydrogens (tertiary/aromatic N) is 1. The van der Waals surface area contributed by atoms with Gasteiger partial charge in [-0.2, -0.15) is 0 Å². The zero-order chi connectivity index (χ0) is 15.6. The molecule has 110 valence electrons. The summed E-state index contributed by atoms with van der Waals surface area (Å²) in [7, 11) is -3.27. The number of aromatic nitrogens is 1. The normalized spacial score (nSPS) is 11.2. The van der Waals surface area contributed by atoms with Crippen LogP contribution in [-0.4, -0.2) is 25.6 Å². The van der Waals surface area contributed by atoms with Gasteiger partial charge in [-0.05, 0) is 36.4 Å². The van der Waals surface area contributed by atoms with Crippen molar-refractivity contribution in [1.29, 1.82) is 0 Å². The lowest BCUT2D eigenvalue weighted by Crippen LogP contribution is -2.12. The van der Waals surface area contributed by atoms with Crippen LogP contribution in [0.15, 0.2) is 41.3 Å². The Kier molecular flexibility index (Phi) is 4.51. The number of hydrogen-bond acceptors (Lipinski definition) is 4. The molecule has 0 saturated heterocycles. The second-order valence-corrected chi connectivity index (χ2v) is 7.04. The molecule has 0 saturated carbocycles. The first-order chi connectivity index (χ1) is 9.75. The van der Waals surface area contributed by atoms with Crippen LogP contribution in [0.4, 0.5) is 5.69 Å². The number of hydrogen-bond donors (Lipinski definition) is 1. The molecule has 0 radical (unpaired) electrons. The van der Waals surface area contributed by atoms with Crippen molar-refractivity contribution >= 4 is 44.6 Å². The summed E-state index contributed by atoms with van der Waals surface area (Å²) in [6.45, 7) is 0. The molecule has 2 aromatic rings. The van der Waals surface area contributed by atoms with Gasteiger partial charge in [0.1, 0.15) is 10.3 Å². The molecular weight excluding hydrogens is 335 g/mol. The summed E-state index contributed by atoms with van der Waals surface area (Å²) >= 11 is 11.5. The minimum Gasteiger partial charge on any atom is -0.322 e. The molecule has 0 aliphatic rings. The number of pyridine rings is 1. The molecule has 0 aliphatic carbocycles. The second kappa shape index (κ2) is 6.01. The Morgan fingerprint density at radius 1 is 1.10 bits per heavy atom. The molecule has 1 amide bonds. The maximum Gasteiger partial charge on any atom is 0.255 e. The Morgan fingerprint density at radius 2 is 1.62 bits per heavy atom. The average molecular weight is 345 g/mol. The van der Waals surface area contributed by atoms with Crippen LogP contribution in [0.1, 0.15) is 10.4 Å². The van der Waals surface area contributed by atoms with Crippen molar-refractivity contribution in [3.8, 4) is 0 Å². The number of halogens is 2. The molecule has 0 spiro atoms. The number of carbonyl (C=O) groups excluding carboxylic acids is 1. The zero-order valence-electron chi connectivity index (χ0n) is 10.8. The quantitative estimate of drug-likeness (QED) is 0.868. The van der Waals surface area contributed by atoms with E-state index in [-0.39, 0.29) is 20.8 Å². The van der Waals surface area contributed by atoms with E-state index in [1.807, 2.05) is 0 Å². The number of anilines is 1. The van der Waals surface area contributed by atoms with E-state index in [1.54, 1.807) is 0 Å². The molecule has 0 unspecified atom stereocenters. The lowest BCUT2D eigenvalue weighted by atomic mass is 10.2. The first kappa shape index (κ1) is 15.8. The van der Waals surface area contributed by atoms with Gasteiger partial charge < -0.3 is 5.32 Å². The van der Waals surface area contributed by atoms with Crippen molar-refractivity contribution in [2.45, 2.75) is 4.90 Å². The van der Waals surface area contributed by atoms with E-state index in [2.05, 4.69) is 10.3 Å². The number of nitrogens with one attached hydrogen (secondary N) is 1. The highest BCUT2D eigenvalue weighted by atomic mass is 35.5. The van der Waals surface area contributed by atoms with Gasteiger partial charge in [0.05, 0.1) is 4.90 Å². The maximum atomic E-state index is 12.0. The molecule has 5 nitrogen and oxygen atoms in total. The van der Waals surface area contributed by atoms with Gasteiger partial charge in [0, 0.05) is 17.5 Å². The van der Waals surface area contributed by atoms with Gasteiger partial charge in [-0.1, -0.05) is 23.2 Å². The van der Waals surface area contributed by atoms with Crippen molar-refractivity contribution in [3.63, 3.8) is 0 Å². The third-order valence-corrected chi connectivity index (χ3v) is 4.08. The second-order valence-electron chi connectivity index (χ2n) is 4.25. The minimum atomic E-state index is -3.27. The van der Waals surface area contributed by atoms with Crippen molar-refractivity contribution in [1.82, 2.24) is 4.98 Å². The highest BCUT2D eigenvalue weighted by molar-refractivity contribution is 7.90. The van der Waals surface area contributed by atoms with Crippen LogP contribution in [0.3, 0.4) is 0 Å². The predicted molar refractivity (Wildman–Crippen MR) is 81.8 cm³/mol. The number of benzene rings is 1. The Morgan fingerprint density at radius 3 is 2.10 bits per heavy atom. The molecule has 0 aliphatic heterocycles. The molecule has 1 aromatic heterocycles. The summed E-state index contributed by atoms with van der Waals surface area (Å²) < 4.78 is 22.7. The van der Waals surface area contributed by atoms with Crippen molar-refractivity contribution < 1.29 is 13.2 Å². The van der Waals surface area contributed by atoms with Gasteiger partial charge in [-0.15, -0.1) is 0 Å². The fourth-order valence-electron chi connectivity index (χ4n) is 1.58. The standard InChI is InChI=1S/C13H10Cl2N2O3S/c1-21(19,20)10-4-2-9(3-5-10)16-13(18)8-6-11(14)17-12(15)7-8/h2-7H,1H3,(H,16,18). The van der Waals surface area contributed by atoms with Crippen LogP contribution in [-0.2, 0) is 9.84 Å². The monoisotopic (exact) mass is 344 g/mol. The molecule has 1 heterocycles. The molecular formula is C13H10Cl2N2O3S. The number of rotatable bonds is 3. The number of carbonyl (C=O) groups is 1. The third-order valence-electron chi connectivity index (χ3n) is 2.57. The van der Waals surface area contributed by atoms with Crippen molar-refractivity contribution in [2.75, 3.05) is 11.6 Å². The van der Waals surface area contributed by atoms with Crippen LogP contribution >= 0.6 is 23.2 Å². The summed E-state index contributed by atoms with van der Waals surface area (Å²) in [6, 6.07) is 8.59. The van der Waals surface area contributed by atoms with Crippen LogP contribution < -0.4 is 5.32 Å². The largest absolute Gasteiger partial charge is 0.322 e. The van der Waals surface area contributed by atoms with Gasteiger partial charge in [0.25, 0.3) is 5.91 Å². The Labute approximate surface area is 131 Å². The lowest BCUT2D eigenvalue weighted by Gasteiger charge is -2.06. The molecule has 2 rings (SSSR count). The highest BCUT2D eigenvalue weighted by Crippen LogP contribution is 2.18. The van der Waals surface area contributed by atoms with Crippen LogP contribution in [0.2, 0.25) is 10.3 Å². The third kappa shape index (κ3) is 4.17. The van der Waals surface area contributed by atoms with E-state index in [4.69, 9.17) is 23.2 Å². The van der Waals surface area contributed by atoms with Crippen LogP contribution in [0.5, 0.6) is 0 Å². The van der Waals surface area contributed by atoms with Crippen LogP contribution in [0, 0.1) is 0 Å². The number of amides is 1. The van der Waals surface area contributed by atoms with E-state index in [9.17, 15) is 13.2 Å². The molecule has 8 heteroatoms. The van der Waals surface area contributed by atoms with E-state index in [0.29, 0.717) is 5.69 Å². The molecule has 0 fully saturated rings. The highest BCUT2D eigenvalue weighted by Gasteiger charge is 2.10. The van der Waals surface area contributed by atoms with Gasteiger partial charge in [0.2, 0.25) is 0 Å². The number of sulfone groups is 1. The van der Waals surface area contributed by atoms with Gasteiger partial charge in [-0.3, -0.25) is 4.79 Å². The van der Waals surface area contributed by atoms with Crippen molar-refractivity contribution in [3.05, 3.63) is 52.3 Å². The summed E-state index contributed by atoms with van der Waals surface area (Å²) in [6.07, 6.45) is 1.11. The zero-order valence-corrected chi connectivity index (χ0v) is 13.1. The summed E-state index contributed by atoms with van der Waals surface area (Å²) in [5, 5.41) is 2.83. The van der Waals surface area contributed by atoms with Gasteiger partial charge in [0.15, 0.2) is 9.84 Å². The van der Waals surface area contributed by atoms with E-state index >= 15 is 0 Å². The predicted octanol–water partition coefficient (Wildman–Crippen LogP) is 3.04. The van der Waals surface area contributed by atoms with E-state index in [0.717, 1.165) is 6.26 Å². The maximum absolute atomic E-state index is 12.0. The fraction of sp³-hybridized carbons (Fsp3) is 0.0769. The lowest BCUT2D eigenvalue weighted by molar-refractivity contribution is 0.102. The van der Waals surface area contributed by atoms with E-state index in [1.165, 1.54) is 36.4 Å². The molecule has 21 heavy (non-hydrogen) atoms. The Hall–Kier alpha value is -1.63. The Bertz CT molecular complexity index is 769. The molecule has 0 atom stereocenters. The summed E-state index contributed by atoms with van der Waals surface area (Å²) in [5.41, 5.74) is 0.712. The first-order valence-electron chi connectivity index (χ1n) is 5.70.